The van der Waals surface area contributed by atoms with Gasteiger partial charge in [0.2, 0.25) is 0 Å². The molecular weight excluding hydrogens is 192 g/mol. The Kier molecular flexibility index (Phi) is 3.46. The van der Waals surface area contributed by atoms with Crippen LogP contribution in [0, 0.1) is 11.8 Å². The zero-order chi connectivity index (χ0) is 10.7. The molecule has 2 saturated heterocycles. The third-order valence-corrected chi connectivity index (χ3v) is 3.46. The lowest BCUT2D eigenvalue weighted by Gasteiger charge is -2.53. The summed E-state index contributed by atoms with van der Waals surface area (Å²) in [5.41, 5.74) is 8.19. The fourth-order valence-corrected chi connectivity index (χ4v) is 2.82. The molecule has 3 rings (SSSR count). The number of fused-ring (bicyclic) bond motifs is 2. The molecule has 1 aliphatic carbocycles. The average molecular weight is 210 g/mol. The van der Waals surface area contributed by atoms with Crippen molar-refractivity contribution in [2.75, 3.05) is 32.8 Å². The van der Waals surface area contributed by atoms with E-state index < -0.39 is 0 Å². The maximum atomic E-state index is 8.19. The summed E-state index contributed by atoms with van der Waals surface area (Å²) in [5, 5.41) is 3.57. The minimum atomic E-state index is 0.505. The van der Waals surface area contributed by atoms with Crippen LogP contribution < -0.4 is 0 Å². The molecule has 0 N–H and O–H groups in total. The molecule has 0 radical (unpaired) electrons. The summed E-state index contributed by atoms with van der Waals surface area (Å²) in [6, 6.07) is 0. The van der Waals surface area contributed by atoms with Crippen LogP contribution in [0.3, 0.4) is 0 Å². The van der Waals surface area contributed by atoms with Crippen molar-refractivity contribution in [1.29, 1.82) is 0 Å². The summed E-state index contributed by atoms with van der Waals surface area (Å²) < 4.78 is 5.71. The predicted octanol–water partition coefficient (Wildman–Crippen LogP) is 1.65. The molecule has 84 valence electrons. The van der Waals surface area contributed by atoms with E-state index in [1.54, 1.807) is 0 Å². The van der Waals surface area contributed by atoms with E-state index in [0.717, 1.165) is 38.1 Å². The molecule has 1 saturated carbocycles. The summed E-state index contributed by atoms with van der Waals surface area (Å²) in [6.07, 6.45) is 1.83. The molecular formula is C10H18N4O. The van der Waals surface area contributed by atoms with Crippen LogP contribution in [-0.4, -0.2) is 43.8 Å². The maximum Gasteiger partial charge on any atom is 0.0655 e. The van der Waals surface area contributed by atoms with Gasteiger partial charge in [0, 0.05) is 37.7 Å². The normalized spacial score (nSPS) is 34.3. The topological polar surface area (TPSA) is 61.2 Å². The van der Waals surface area contributed by atoms with E-state index in [9.17, 15) is 0 Å². The predicted molar refractivity (Wildman–Crippen MR) is 57.5 cm³/mol. The number of rotatable bonds is 5. The molecule has 0 amide bonds. The first-order chi connectivity index (χ1) is 7.35. The minimum absolute atomic E-state index is 0.505. The Labute approximate surface area is 90.0 Å². The lowest BCUT2D eigenvalue weighted by Crippen LogP contribution is -2.59. The minimum Gasteiger partial charge on any atom is -0.378 e. The zero-order valence-corrected chi connectivity index (χ0v) is 9.17. The van der Waals surface area contributed by atoms with E-state index in [1.807, 2.05) is 0 Å². The third kappa shape index (κ3) is 2.25. The Balaban J connectivity index is 1.74. The first kappa shape index (κ1) is 10.7. The fraction of sp³-hybridized carbons (Fsp3) is 1.00. The van der Waals surface area contributed by atoms with Crippen molar-refractivity contribution in [2.24, 2.45) is 17.0 Å². The lowest BCUT2D eigenvalue weighted by atomic mass is 9.68. The average Bonchev–Trinajstić information content (AvgIpc) is 2.26. The van der Waals surface area contributed by atoms with Gasteiger partial charge in [0.05, 0.1) is 6.10 Å². The van der Waals surface area contributed by atoms with E-state index in [-0.39, 0.29) is 0 Å². The van der Waals surface area contributed by atoms with Gasteiger partial charge >= 0.3 is 0 Å². The van der Waals surface area contributed by atoms with Crippen LogP contribution in [0.25, 0.3) is 10.4 Å². The van der Waals surface area contributed by atoms with Gasteiger partial charge in [-0.1, -0.05) is 5.11 Å². The smallest absolute Gasteiger partial charge is 0.0655 e. The molecule has 2 atom stereocenters. The second-order valence-corrected chi connectivity index (χ2v) is 4.39. The largest absolute Gasteiger partial charge is 0.378 e. The summed E-state index contributed by atoms with van der Waals surface area (Å²) in [6.45, 7) is 6.61. The van der Waals surface area contributed by atoms with Crippen LogP contribution in [0.15, 0.2) is 5.11 Å². The highest BCUT2D eigenvalue weighted by Crippen LogP contribution is 2.41. The van der Waals surface area contributed by atoms with Crippen LogP contribution in [0.4, 0.5) is 0 Å². The van der Waals surface area contributed by atoms with Crippen LogP contribution in [0.1, 0.15) is 13.3 Å². The van der Waals surface area contributed by atoms with E-state index >= 15 is 0 Å². The molecule has 0 spiro atoms. The molecule has 0 aromatic rings. The highest BCUT2D eigenvalue weighted by atomic mass is 16.5. The molecule has 0 aromatic heterocycles. The van der Waals surface area contributed by atoms with Gasteiger partial charge in [-0.3, -0.25) is 0 Å². The van der Waals surface area contributed by atoms with Gasteiger partial charge in [0.15, 0.2) is 0 Å². The van der Waals surface area contributed by atoms with Crippen molar-refractivity contribution < 1.29 is 4.74 Å². The fourth-order valence-electron chi connectivity index (χ4n) is 2.82. The van der Waals surface area contributed by atoms with Gasteiger partial charge in [0.25, 0.3) is 0 Å². The summed E-state index contributed by atoms with van der Waals surface area (Å²) in [5.74, 6) is 1.43. The number of ether oxygens (including phenoxy) is 1. The monoisotopic (exact) mass is 210 g/mol. The van der Waals surface area contributed by atoms with E-state index in [4.69, 9.17) is 10.3 Å². The Bertz CT molecular complexity index is 252. The first-order valence-corrected chi connectivity index (χ1v) is 5.70. The summed E-state index contributed by atoms with van der Waals surface area (Å²) in [7, 11) is 0. The van der Waals surface area contributed by atoms with E-state index in [2.05, 4.69) is 21.8 Å². The Hall–Kier alpha value is -0.770. The molecule has 2 bridgehead atoms. The summed E-state index contributed by atoms with van der Waals surface area (Å²) in [4.78, 5) is 5.16. The molecule has 15 heavy (non-hydrogen) atoms. The van der Waals surface area contributed by atoms with Crippen LogP contribution in [0.2, 0.25) is 0 Å². The summed E-state index contributed by atoms with van der Waals surface area (Å²) >= 11 is 0. The third-order valence-electron chi connectivity index (χ3n) is 3.46. The molecule has 5 nitrogen and oxygen atoms in total. The van der Waals surface area contributed by atoms with Gasteiger partial charge in [-0.25, -0.2) is 0 Å². The molecule has 2 heterocycles. The van der Waals surface area contributed by atoms with Gasteiger partial charge < -0.3 is 9.64 Å². The van der Waals surface area contributed by atoms with Gasteiger partial charge in [-0.15, -0.1) is 0 Å². The van der Waals surface area contributed by atoms with Gasteiger partial charge in [-0.05, 0) is 30.7 Å². The Morgan fingerprint density at radius 2 is 2.20 bits per heavy atom. The molecule has 2 aliphatic heterocycles. The number of hydrogen-bond donors (Lipinski definition) is 0. The number of nitrogens with zero attached hydrogens (tertiary/aromatic N) is 4. The maximum absolute atomic E-state index is 8.19. The molecule has 5 heteroatoms. The van der Waals surface area contributed by atoms with Crippen LogP contribution in [-0.2, 0) is 4.74 Å². The van der Waals surface area contributed by atoms with Crippen molar-refractivity contribution in [3.05, 3.63) is 10.4 Å². The standard InChI is InChI=1S/C10H18N4O/c1-2-15-10-8-5-9(10)7-14(6-8)4-3-12-13-11/h8-10H,2-7H2,1H3/t8-,9-/m0/s1. The highest BCUT2D eigenvalue weighted by molar-refractivity contribution is 4.98. The number of piperidine rings is 2. The first-order valence-electron chi connectivity index (χ1n) is 5.70. The quantitative estimate of drug-likeness (QED) is 0.393. The Morgan fingerprint density at radius 3 is 2.80 bits per heavy atom. The van der Waals surface area contributed by atoms with E-state index in [1.165, 1.54) is 6.42 Å². The van der Waals surface area contributed by atoms with Gasteiger partial charge in [-0.2, -0.15) is 0 Å². The van der Waals surface area contributed by atoms with Crippen molar-refractivity contribution >= 4 is 0 Å². The molecule has 0 unspecified atom stereocenters. The second-order valence-electron chi connectivity index (χ2n) is 4.39. The van der Waals surface area contributed by atoms with Crippen molar-refractivity contribution in [1.82, 2.24) is 4.90 Å². The van der Waals surface area contributed by atoms with Crippen LogP contribution >= 0.6 is 0 Å². The lowest BCUT2D eigenvalue weighted by molar-refractivity contribution is -0.139. The Morgan fingerprint density at radius 1 is 1.47 bits per heavy atom. The highest BCUT2D eigenvalue weighted by Gasteiger charge is 2.46. The van der Waals surface area contributed by atoms with Crippen molar-refractivity contribution in [2.45, 2.75) is 19.4 Å². The van der Waals surface area contributed by atoms with Gasteiger partial charge in [0.1, 0.15) is 0 Å². The molecule has 3 fully saturated rings. The SMILES string of the molecule is CCOC1[C@H]2C[C@H]1CN(CCN=[N+]=[N-])C2. The van der Waals surface area contributed by atoms with E-state index in [0.29, 0.717) is 12.6 Å². The van der Waals surface area contributed by atoms with Crippen LogP contribution in [0.5, 0.6) is 0 Å². The zero-order valence-electron chi connectivity index (χ0n) is 9.17. The number of azide groups is 1. The van der Waals surface area contributed by atoms with Crippen molar-refractivity contribution in [3.8, 4) is 0 Å². The molecule has 0 aromatic carbocycles. The number of hydrogen-bond acceptors (Lipinski definition) is 3. The van der Waals surface area contributed by atoms with Crippen molar-refractivity contribution in [3.63, 3.8) is 0 Å². The second kappa shape index (κ2) is 4.84. The molecule has 3 aliphatic rings.